The Balaban J connectivity index is 1.50. The molecule has 1 aromatic carbocycles. The largest absolute Gasteiger partial charge is 0.370 e. The van der Waals surface area contributed by atoms with E-state index in [1.54, 1.807) is 29.6 Å². The zero-order chi connectivity index (χ0) is 22.5. The van der Waals surface area contributed by atoms with Crippen LogP contribution in [0.25, 0.3) is 20.4 Å². The van der Waals surface area contributed by atoms with Crippen LogP contribution >= 0.6 is 23.1 Å². The molecule has 4 aromatic rings. The Kier molecular flexibility index (Phi) is 5.39. The first-order chi connectivity index (χ1) is 15.3. The van der Waals surface area contributed by atoms with E-state index in [2.05, 4.69) is 23.8 Å². The number of fused-ring (bicyclic) bond motifs is 5. The minimum atomic E-state index is -0.221. The maximum atomic E-state index is 12.8. The molecule has 4 heterocycles. The minimum Gasteiger partial charge on any atom is -0.370 e. The summed E-state index contributed by atoms with van der Waals surface area (Å²) in [7, 11) is 1.80. The number of aryl methyl sites for hydroxylation is 1. The second kappa shape index (κ2) is 8.10. The monoisotopic (exact) mass is 464 g/mol. The van der Waals surface area contributed by atoms with Gasteiger partial charge in [-0.25, -0.2) is 15.0 Å². The van der Waals surface area contributed by atoms with Crippen molar-refractivity contribution >= 4 is 55.1 Å². The lowest BCUT2D eigenvalue weighted by atomic mass is 9.89. The highest BCUT2D eigenvalue weighted by molar-refractivity contribution is 8.00. The van der Waals surface area contributed by atoms with Gasteiger partial charge in [0.2, 0.25) is 5.91 Å². The first-order valence-electron chi connectivity index (χ1n) is 10.5. The van der Waals surface area contributed by atoms with Gasteiger partial charge in [-0.3, -0.25) is 4.79 Å². The third-order valence-corrected chi connectivity index (χ3v) is 8.04. The highest BCUT2D eigenvalue weighted by atomic mass is 32.2. The Bertz CT molecular complexity index is 1330. The highest BCUT2D eigenvalue weighted by Crippen LogP contribution is 2.42. The van der Waals surface area contributed by atoms with Gasteiger partial charge in [0.15, 0.2) is 0 Å². The summed E-state index contributed by atoms with van der Waals surface area (Å²) in [5.74, 6) is 0.330. The standard InChI is InChI=1S/C24H24N4O2S2/c1-14-17-11-30-24(2,3)10-16(17)19-20-21(32-22(19)27-14)23(26-13-25-20)31-12-18(29)28(4)15-8-6-5-7-9-15/h5-9,13H,10-12H2,1-4H3. The highest BCUT2D eigenvalue weighted by Gasteiger charge is 2.31. The lowest BCUT2D eigenvalue weighted by Crippen LogP contribution is -2.32. The Hall–Kier alpha value is -2.55. The molecule has 0 spiro atoms. The normalized spacial score (nSPS) is 15.1. The number of carbonyl (C=O) groups excluding carboxylic acids is 1. The summed E-state index contributed by atoms with van der Waals surface area (Å²) < 4.78 is 7.03. The Labute approximate surface area is 195 Å². The van der Waals surface area contributed by atoms with E-state index in [1.165, 1.54) is 22.9 Å². The molecule has 3 aromatic heterocycles. The second-order valence-corrected chi connectivity index (χ2v) is 10.6. The molecule has 0 N–H and O–H groups in total. The van der Waals surface area contributed by atoms with Crippen molar-refractivity contribution in [3.63, 3.8) is 0 Å². The number of para-hydroxylation sites is 1. The Morgan fingerprint density at radius 1 is 1.22 bits per heavy atom. The number of ether oxygens (including phenoxy) is 1. The van der Waals surface area contributed by atoms with Crippen LogP contribution < -0.4 is 4.90 Å². The van der Waals surface area contributed by atoms with Gasteiger partial charge in [0.25, 0.3) is 0 Å². The molecule has 0 fully saturated rings. The Morgan fingerprint density at radius 3 is 2.78 bits per heavy atom. The number of anilines is 1. The van der Waals surface area contributed by atoms with Gasteiger partial charge in [0.05, 0.1) is 28.2 Å². The van der Waals surface area contributed by atoms with Crippen LogP contribution in [0.4, 0.5) is 5.69 Å². The van der Waals surface area contributed by atoms with Gasteiger partial charge in [-0.05, 0) is 38.5 Å². The van der Waals surface area contributed by atoms with E-state index in [-0.39, 0.29) is 11.5 Å². The first kappa shape index (κ1) is 21.3. The molecule has 1 aliphatic rings. The van der Waals surface area contributed by atoms with Crippen LogP contribution in [0, 0.1) is 6.92 Å². The van der Waals surface area contributed by atoms with Crippen LogP contribution in [0.15, 0.2) is 41.7 Å². The van der Waals surface area contributed by atoms with Crippen molar-refractivity contribution in [2.45, 2.75) is 44.4 Å². The summed E-state index contributed by atoms with van der Waals surface area (Å²) in [5, 5.41) is 1.93. The molecule has 164 valence electrons. The molecule has 5 rings (SSSR count). The van der Waals surface area contributed by atoms with Gasteiger partial charge >= 0.3 is 0 Å². The fraction of sp³-hybridized carbons (Fsp3) is 0.333. The fourth-order valence-electron chi connectivity index (χ4n) is 4.07. The summed E-state index contributed by atoms with van der Waals surface area (Å²) in [5.41, 5.74) is 5.04. The molecule has 0 saturated heterocycles. The molecule has 0 saturated carbocycles. The summed E-state index contributed by atoms with van der Waals surface area (Å²) in [6.45, 7) is 6.86. The molecular weight excluding hydrogens is 440 g/mol. The number of nitrogens with zero attached hydrogens (tertiary/aromatic N) is 4. The zero-order valence-corrected chi connectivity index (χ0v) is 20.1. The quantitative estimate of drug-likeness (QED) is 0.307. The average Bonchev–Trinajstić information content (AvgIpc) is 3.15. The van der Waals surface area contributed by atoms with E-state index in [0.717, 1.165) is 43.3 Å². The molecular formula is C24H24N4O2S2. The number of pyridine rings is 1. The Morgan fingerprint density at radius 2 is 2.00 bits per heavy atom. The van der Waals surface area contributed by atoms with Crippen LogP contribution in [-0.4, -0.2) is 39.3 Å². The van der Waals surface area contributed by atoms with Crippen molar-refractivity contribution in [2.75, 3.05) is 17.7 Å². The van der Waals surface area contributed by atoms with Crippen LogP contribution in [0.5, 0.6) is 0 Å². The van der Waals surface area contributed by atoms with E-state index >= 15 is 0 Å². The van der Waals surface area contributed by atoms with E-state index in [0.29, 0.717) is 12.4 Å². The van der Waals surface area contributed by atoms with Gasteiger partial charge in [0.1, 0.15) is 16.2 Å². The number of rotatable bonds is 4. The second-order valence-electron chi connectivity index (χ2n) is 8.60. The van der Waals surface area contributed by atoms with Gasteiger partial charge in [-0.1, -0.05) is 30.0 Å². The van der Waals surface area contributed by atoms with E-state index in [4.69, 9.17) is 9.72 Å². The van der Waals surface area contributed by atoms with Gasteiger partial charge < -0.3 is 9.64 Å². The van der Waals surface area contributed by atoms with E-state index < -0.39 is 0 Å². The molecule has 0 radical (unpaired) electrons. The van der Waals surface area contributed by atoms with Crippen LogP contribution in [-0.2, 0) is 22.6 Å². The lowest BCUT2D eigenvalue weighted by molar-refractivity contribution is -0.115. The molecule has 0 aliphatic carbocycles. The molecule has 8 heteroatoms. The molecule has 0 bridgehead atoms. The van der Waals surface area contributed by atoms with Gasteiger partial charge in [0, 0.05) is 35.8 Å². The zero-order valence-electron chi connectivity index (χ0n) is 18.5. The number of amides is 1. The summed E-state index contributed by atoms with van der Waals surface area (Å²) in [6, 6.07) is 9.66. The van der Waals surface area contributed by atoms with Crippen LogP contribution in [0.2, 0.25) is 0 Å². The molecule has 1 aliphatic heterocycles. The van der Waals surface area contributed by atoms with Crippen molar-refractivity contribution in [3.8, 4) is 0 Å². The van der Waals surface area contributed by atoms with Crippen molar-refractivity contribution in [2.24, 2.45) is 0 Å². The minimum absolute atomic E-state index is 0.0271. The number of thioether (sulfide) groups is 1. The summed E-state index contributed by atoms with van der Waals surface area (Å²) >= 11 is 3.06. The third kappa shape index (κ3) is 3.76. The van der Waals surface area contributed by atoms with Gasteiger partial charge in [-0.15, -0.1) is 11.3 Å². The average molecular weight is 465 g/mol. The van der Waals surface area contributed by atoms with E-state index in [9.17, 15) is 4.79 Å². The smallest absolute Gasteiger partial charge is 0.237 e. The lowest BCUT2D eigenvalue weighted by Gasteiger charge is -2.32. The predicted octanol–water partition coefficient (Wildman–Crippen LogP) is 5.15. The SMILES string of the molecule is Cc1nc2sc3c(SCC(=O)N(C)c4ccccc4)ncnc3c2c2c1COC(C)(C)C2. The maximum Gasteiger partial charge on any atom is 0.237 e. The van der Waals surface area contributed by atoms with E-state index in [1.807, 2.05) is 37.3 Å². The number of hydrogen-bond donors (Lipinski definition) is 0. The van der Waals surface area contributed by atoms with Crippen LogP contribution in [0.1, 0.15) is 30.7 Å². The fourth-order valence-corrected chi connectivity index (χ4v) is 6.27. The first-order valence-corrected chi connectivity index (χ1v) is 12.3. The van der Waals surface area contributed by atoms with Crippen molar-refractivity contribution < 1.29 is 9.53 Å². The number of hydrogen-bond acceptors (Lipinski definition) is 7. The van der Waals surface area contributed by atoms with Gasteiger partial charge in [-0.2, -0.15) is 0 Å². The number of carbonyl (C=O) groups is 1. The van der Waals surface area contributed by atoms with Crippen LogP contribution in [0.3, 0.4) is 0 Å². The topological polar surface area (TPSA) is 68.2 Å². The van der Waals surface area contributed by atoms with Crippen molar-refractivity contribution in [1.29, 1.82) is 0 Å². The number of thiophene rings is 1. The predicted molar refractivity (Wildman–Crippen MR) is 131 cm³/mol. The molecule has 0 atom stereocenters. The van der Waals surface area contributed by atoms with Crippen molar-refractivity contribution in [3.05, 3.63) is 53.5 Å². The molecule has 32 heavy (non-hydrogen) atoms. The molecule has 0 unspecified atom stereocenters. The number of aromatic nitrogens is 3. The molecule has 6 nitrogen and oxygen atoms in total. The maximum absolute atomic E-state index is 12.8. The van der Waals surface area contributed by atoms with Crippen molar-refractivity contribution in [1.82, 2.24) is 15.0 Å². The molecule has 1 amide bonds. The number of benzene rings is 1. The summed E-state index contributed by atoms with van der Waals surface area (Å²) in [4.78, 5) is 29.4. The summed E-state index contributed by atoms with van der Waals surface area (Å²) in [6.07, 6.45) is 2.42. The third-order valence-electron chi connectivity index (χ3n) is 5.85.